The fraction of sp³-hybridized carbons (Fsp3) is 0.100. The zero-order valence-electron chi connectivity index (χ0n) is 8.68. The smallest absolute Gasteiger partial charge is 0.247 e. The molecule has 0 bridgehead atoms. The Bertz CT molecular complexity index is 523. The van der Waals surface area contributed by atoms with Gasteiger partial charge in [-0.3, -0.25) is 10.2 Å². The standard InChI is InChI=1S/C10H9ClN4O2/c11-7-3-1-6(2-4-7)10-15-14-9(17-10)5-8(16)13-12/h1-4H,5,12H2,(H,13,16). The summed E-state index contributed by atoms with van der Waals surface area (Å²) in [6.45, 7) is 0. The van der Waals surface area contributed by atoms with Crippen molar-refractivity contribution in [1.29, 1.82) is 0 Å². The zero-order chi connectivity index (χ0) is 12.3. The van der Waals surface area contributed by atoms with Crippen molar-refractivity contribution in [3.05, 3.63) is 35.2 Å². The molecule has 1 aromatic heterocycles. The van der Waals surface area contributed by atoms with Crippen molar-refractivity contribution in [3.8, 4) is 11.5 Å². The summed E-state index contributed by atoms with van der Waals surface area (Å²) in [5.74, 6) is 5.10. The maximum Gasteiger partial charge on any atom is 0.247 e. The van der Waals surface area contributed by atoms with Crippen LogP contribution in [0.2, 0.25) is 5.02 Å². The summed E-state index contributed by atoms with van der Waals surface area (Å²) in [6, 6.07) is 6.94. The predicted octanol–water partition coefficient (Wildman–Crippen LogP) is 0.922. The highest BCUT2D eigenvalue weighted by Crippen LogP contribution is 2.20. The molecule has 0 unspecified atom stereocenters. The molecule has 0 aliphatic carbocycles. The van der Waals surface area contributed by atoms with Gasteiger partial charge in [0.05, 0.1) is 0 Å². The quantitative estimate of drug-likeness (QED) is 0.481. The molecule has 0 aliphatic heterocycles. The molecular weight excluding hydrogens is 244 g/mol. The van der Waals surface area contributed by atoms with Gasteiger partial charge >= 0.3 is 0 Å². The van der Waals surface area contributed by atoms with Gasteiger partial charge in [-0.25, -0.2) is 5.84 Å². The molecule has 1 amide bonds. The molecule has 0 radical (unpaired) electrons. The van der Waals surface area contributed by atoms with E-state index in [9.17, 15) is 4.79 Å². The summed E-state index contributed by atoms with van der Waals surface area (Å²) in [7, 11) is 0. The normalized spacial score (nSPS) is 10.2. The number of carbonyl (C=O) groups is 1. The van der Waals surface area contributed by atoms with E-state index in [-0.39, 0.29) is 12.3 Å². The molecular formula is C10H9ClN4O2. The fourth-order valence-corrected chi connectivity index (χ4v) is 1.35. The number of aromatic nitrogens is 2. The number of rotatable bonds is 3. The van der Waals surface area contributed by atoms with Crippen LogP contribution in [0.5, 0.6) is 0 Å². The second kappa shape index (κ2) is 4.94. The van der Waals surface area contributed by atoms with Crippen LogP contribution in [0.25, 0.3) is 11.5 Å². The molecule has 0 atom stereocenters. The Morgan fingerprint density at radius 1 is 1.35 bits per heavy atom. The lowest BCUT2D eigenvalue weighted by atomic mass is 10.2. The lowest BCUT2D eigenvalue weighted by Crippen LogP contribution is -2.31. The molecule has 2 rings (SSSR count). The van der Waals surface area contributed by atoms with Crippen LogP contribution in [0, 0.1) is 0 Å². The average Bonchev–Trinajstić information content (AvgIpc) is 2.78. The molecule has 0 saturated carbocycles. The van der Waals surface area contributed by atoms with E-state index in [2.05, 4.69) is 10.2 Å². The molecule has 1 heterocycles. The van der Waals surface area contributed by atoms with Gasteiger partial charge in [0.2, 0.25) is 17.7 Å². The number of carbonyl (C=O) groups excluding carboxylic acids is 1. The Balaban J connectivity index is 2.18. The Hall–Kier alpha value is -1.92. The molecule has 6 nitrogen and oxygen atoms in total. The zero-order valence-corrected chi connectivity index (χ0v) is 9.44. The second-order valence-electron chi connectivity index (χ2n) is 3.25. The van der Waals surface area contributed by atoms with Gasteiger partial charge in [0.25, 0.3) is 0 Å². The number of hydrogen-bond acceptors (Lipinski definition) is 5. The van der Waals surface area contributed by atoms with Gasteiger partial charge in [-0.05, 0) is 24.3 Å². The minimum atomic E-state index is -0.392. The predicted molar refractivity (Wildman–Crippen MR) is 60.8 cm³/mol. The fourth-order valence-electron chi connectivity index (χ4n) is 1.22. The Morgan fingerprint density at radius 2 is 2.06 bits per heavy atom. The van der Waals surface area contributed by atoms with Crippen LogP contribution in [-0.4, -0.2) is 16.1 Å². The molecule has 1 aromatic carbocycles. The van der Waals surface area contributed by atoms with Crippen LogP contribution in [0.3, 0.4) is 0 Å². The summed E-state index contributed by atoms with van der Waals surface area (Å²) in [5, 5.41) is 8.18. The van der Waals surface area contributed by atoms with Crippen LogP contribution in [0.4, 0.5) is 0 Å². The van der Waals surface area contributed by atoms with E-state index in [0.29, 0.717) is 10.9 Å². The van der Waals surface area contributed by atoms with E-state index < -0.39 is 5.91 Å². The monoisotopic (exact) mass is 252 g/mol. The third kappa shape index (κ3) is 2.80. The van der Waals surface area contributed by atoms with Gasteiger partial charge in [0.15, 0.2) is 0 Å². The van der Waals surface area contributed by atoms with Crippen molar-refractivity contribution < 1.29 is 9.21 Å². The molecule has 88 valence electrons. The number of nitrogens with one attached hydrogen (secondary N) is 1. The van der Waals surface area contributed by atoms with Crippen LogP contribution in [0.15, 0.2) is 28.7 Å². The highest BCUT2D eigenvalue weighted by molar-refractivity contribution is 6.30. The third-order valence-corrected chi connectivity index (χ3v) is 2.28. The topological polar surface area (TPSA) is 94.0 Å². The lowest BCUT2D eigenvalue weighted by molar-refractivity contribution is -0.120. The molecule has 17 heavy (non-hydrogen) atoms. The van der Waals surface area contributed by atoms with Crippen LogP contribution >= 0.6 is 11.6 Å². The largest absolute Gasteiger partial charge is 0.420 e. The summed E-state index contributed by atoms with van der Waals surface area (Å²) in [4.78, 5) is 11.0. The molecule has 0 spiro atoms. The minimum absolute atomic E-state index is 0.0446. The summed E-state index contributed by atoms with van der Waals surface area (Å²) in [5.41, 5.74) is 2.72. The molecule has 0 aliphatic rings. The minimum Gasteiger partial charge on any atom is -0.420 e. The van der Waals surface area contributed by atoms with Gasteiger partial charge in [-0.1, -0.05) is 11.6 Å². The Kier molecular flexibility index (Phi) is 3.36. The van der Waals surface area contributed by atoms with E-state index in [4.69, 9.17) is 21.9 Å². The van der Waals surface area contributed by atoms with Crippen LogP contribution in [0.1, 0.15) is 5.89 Å². The van der Waals surface area contributed by atoms with Crippen molar-refractivity contribution in [3.63, 3.8) is 0 Å². The van der Waals surface area contributed by atoms with E-state index >= 15 is 0 Å². The first-order chi connectivity index (χ1) is 8.19. The van der Waals surface area contributed by atoms with Gasteiger partial charge in [-0.15, -0.1) is 10.2 Å². The second-order valence-corrected chi connectivity index (χ2v) is 3.69. The maximum atomic E-state index is 11.0. The SMILES string of the molecule is NNC(=O)Cc1nnc(-c2ccc(Cl)cc2)o1. The van der Waals surface area contributed by atoms with Crippen LogP contribution in [-0.2, 0) is 11.2 Å². The first-order valence-electron chi connectivity index (χ1n) is 4.77. The molecule has 7 heteroatoms. The first kappa shape index (κ1) is 11.6. The van der Waals surface area contributed by atoms with E-state index in [1.165, 1.54) is 0 Å². The summed E-state index contributed by atoms with van der Waals surface area (Å²) in [6.07, 6.45) is -0.0446. The highest BCUT2D eigenvalue weighted by atomic mass is 35.5. The number of nitrogens with zero attached hydrogens (tertiary/aromatic N) is 2. The summed E-state index contributed by atoms with van der Waals surface area (Å²) < 4.78 is 5.30. The average molecular weight is 253 g/mol. The van der Waals surface area contributed by atoms with Crippen molar-refractivity contribution in [1.82, 2.24) is 15.6 Å². The Morgan fingerprint density at radius 3 is 2.71 bits per heavy atom. The van der Waals surface area contributed by atoms with Crippen molar-refractivity contribution >= 4 is 17.5 Å². The number of hydrazine groups is 1. The number of nitrogens with two attached hydrogens (primary N) is 1. The number of amides is 1. The van der Waals surface area contributed by atoms with Crippen LogP contribution < -0.4 is 11.3 Å². The summed E-state index contributed by atoms with van der Waals surface area (Å²) >= 11 is 5.76. The van der Waals surface area contributed by atoms with Crippen molar-refractivity contribution in [2.75, 3.05) is 0 Å². The molecule has 0 fully saturated rings. The number of halogens is 1. The van der Waals surface area contributed by atoms with Crippen molar-refractivity contribution in [2.45, 2.75) is 6.42 Å². The Labute approximate surface area is 102 Å². The van der Waals surface area contributed by atoms with E-state index in [1.807, 2.05) is 5.43 Å². The lowest BCUT2D eigenvalue weighted by Gasteiger charge is -1.95. The molecule has 3 N–H and O–H groups in total. The van der Waals surface area contributed by atoms with E-state index in [1.54, 1.807) is 24.3 Å². The first-order valence-corrected chi connectivity index (χ1v) is 5.14. The van der Waals surface area contributed by atoms with Gasteiger partial charge in [0, 0.05) is 10.6 Å². The molecule has 2 aromatic rings. The molecule has 0 saturated heterocycles. The van der Waals surface area contributed by atoms with Crippen molar-refractivity contribution in [2.24, 2.45) is 5.84 Å². The van der Waals surface area contributed by atoms with Gasteiger partial charge < -0.3 is 4.42 Å². The van der Waals surface area contributed by atoms with E-state index in [0.717, 1.165) is 5.56 Å². The maximum absolute atomic E-state index is 11.0. The third-order valence-electron chi connectivity index (χ3n) is 2.03. The van der Waals surface area contributed by atoms with Gasteiger partial charge in [-0.2, -0.15) is 0 Å². The van der Waals surface area contributed by atoms with Gasteiger partial charge in [0.1, 0.15) is 6.42 Å². The number of benzene rings is 1. The number of hydrogen-bond donors (Lipinski definition) is 2. The highest BCUT2D eigenvalue weighted by Gasteiger charge is 2.11.